The minimum absolute atomic E-state index is 0.387. The molecule has 1 aromatic carbocycles. The Morgan fingerprint density at radius 3 is 2.58 bits per heavy atom. The highest BCUT2D eigenvalue weighted by Crippen LogP contribution is 2.25. The highest BCUT2D eigenvalue weighted by atomic mass is 16.1. The topological polar surface area (TPSA) is 29.4 Å². The second-order valence-electron chi connectivity index (χ2n) is 2.92. The molecule has 62 valence electrons. The third kappa shape index (κ3) is 1.80. The summed E-state index contributed by atoms with van der Waals surface area (Å²) in [5, 5.41) is 0. The third-order valence-electron chi connectivity index (χ3n) is 1.72. The van der Waals surface area contributed by atoms with E-state index in [1.807, 2.05) is 24.3 Å². The summed E-state index contributed by atoms with van der Waals surface area (Å²) in [4.78, 5) is 13.7. The van der Waals surface area contributed by atoms with Crippen molar-refractivity contribution in [3.8, 4) is 0 Å². The summed E-state index contributed by atoms with van der Waals surface area (Å²) in [5.41, 5.74) is 1.81. The first-order valence-electron chi connectivity index (χ1n) is 3.92. The van der Waals surface area contributed by atoms with Gasteiger partial charge in [0.1, 0.15) is 0 Å². The number of hydrogen-bond acceptors (Lipinski definition) is 2. The predicted molar refractivity (Wildman–Crippen MR) is 48.3 cm³/mol. The van der Waals surface area contributed by atoms with Gasteiger partial charge in [-0.25, -0.2) is 4.79 Å². The van der Waals surface area contributed by atoms with E-state index < -0.39 is 0 Å². The molecule has 0 aromatic heterocycles. The van der Waals surface area contributed by atoms with Crippen LogP contribution in [0.15, 0.2) is 29.3 Å². The molecule has 0 spiro atoms. The minimum Gasteiger partial charge on any atom is -0.211 e. The Kier molecular flexibility index (Phi) is 2.78. The van der Waals surface area contributed by atoms with Crippen LogP contribution in [-0.2, 0) is 4.79 Å². The zero-order valence-corrected chi connectivity index (χ0v) is 7.24. The maximum Gasteiger partial charge on any atom is 0.240 e. The van der Waals surface area contributed by atoms with Crippen molar-refractivity contribution in [1.82, 2.24) is 0 Å². The molecule has 12 heavy (non-hydrogen) atoms. The van der Waals surface area contributed by atoms with Gasteiger partial charge in [0, 0.05) is 0 Å². The van der Waals surface area contributed by atoms with E-state index in [2.05, 4.69) is 18.8 Å². The summed E-state index contributed by atoms with van der Waals surface area (Å²) in [6.45, 7) is 4.14. The van der Waals surface area contributed by atoms with Crippen LogP contribution >= 0.6 is 0 Å². The van der Waals surface area contributed by atoms with Gasteiger partial charge in [-0.3, -0.25) is 0 Å². The van der Waals surface area contributed by atoms with Crippen LogP contribution in [0.2, 0.25) is 0 Å². The van der Waals surface area contributed by atoms with E-state index in [1.54, 1.807) is 6.08 Å². The molecule has 0 unspecified atom stereocenters. The van der Waals surface area contributed by atoms with Crippen molar-refractivity contribution in [2.45, 2.75) is 19.8 Å². The van der Waals surface area contributed by atoms with Gasteiger partial charge in [0.05, 0.1) is 5.69 Å². The Morgan fingerprint density at radius 1 is 1.33 bits per heavy atom. The standard InChI is InChI=1S/C10H11NO/c1-8(2)9-5-3-4-6-10(9)11-7-12/h3-6,8H,1-2H3. The molecule has 0 heterocycles. The number of benzene rings is 1. The van der Waals surface area contributed by atoms with Crippen molar-refractivity contribution in [2.24, 2.45) is 4.99 Å². The van der Waals surface area contributed by atoms with E-state index in [9.17, 15) is 4.79 Å². The van der Waals surface area contributed by atoms with Gasteiger partial charge in [0.25, 0.3) is 0 Å². The number of aliphatic imine (C=N–C) groups is 1. The van der Waals surface area contributed by atoms with Crippen molar-refractivity contribution >= 4 is 11.8 Å². The Balaban J connectivity index is 3.17. The van der Waals surface area contributed by atoms with Crippen LogP contribution in [0.3, 0.4) is 0 Å². The van der Waals surface area contributed by atoms with E-state index in [0.29, 0.717) is 5.92 Å². The first-order chi connectivity index (χ1) is 5.75. The van der Waals surface area contributed by atoms with E-state index in [0.717, 1.165) is 11.3 Å². The van der Waals surface area contributed by atoms with Gasteiger partial charge in [-0.1, -0.05) is 32.0 Å². The summed E-state index contributed by atoms with van der Waals surface area (Å²) in [5.74, 6) is 0.387. The average molecular weight is 161 g/mol. The highest BCUT2D eigenvalue weighted by Gasteiger charge is 2.03. The maximum absolute atomic E-state index is 10.1. The summed E-state index contributed by atoms with van der Waals surface area (Å²) in [6, 6.07) is 7.60. The first-order valence-corrected chi connectivity index (χ1v) is 3.92. The van der Waals surface area contributed by atoms with Crippen molar-refractivity contribution in [1.29, 1.82) is 0 Å². The summed E-state index contributed by atoms with van der Waals surface area (Å²) in [7, 11) is 0. The Labute approximate surface area is 71.9 Å². The van der Waals surface area contributed by atoms with Crippen molar-refractivity contribution in [3.05, 3.63) is 29.8 Å². The Bertz CT molecular complexity index is 311. The van der Waals surface area contributed by atoms with Crippen LogP contribution in [0.1, 0.15) is 25.3 Å². The molecular formula is C10H11NO. The number of nitrogens with zero attached hydrogens (tertiary/aromatic N) is 1. The average Bonchev–Trinajstić information content (AvgIpc) is 2.05. The molecule has 0 saturated heterocycles. The van der Waals surface area contributed by atoms with Crippen molar-refractivity contribution in [3.63, 3.8) is 0 Å². The lowest BCUT2D eigenvalue weighted by Gasteiger charge is -2.06. The van der Waals surface area contributed by atoms with Crippen molar-refractivity contribution in [2.75, 3.05) is 0 Å². The third-order valence-corrected chi connectivity index (χ3v) is 1.72. The zero-order chi connectivity index (χ0) is 8.97. The second kappa shape index (κ2) is 3.84. The van der Waals surface area contributed by atoms with Gasteiger partial charge in [-0.2, -0.15) is 4.99 Å². The molecular weight excluding hydrogens is 150 g/mol. The van der Waals surface area contributed by atoms with Crippen LogP contribution in [0.4, 0.5) is 5.69 Å². The summed E-state index contributed by atoms with van der Waals surface area (Å²) >= 11 is 0. The summed E-state index contributed by atoms with van der Waals surface area (Å²) < 4.78 is 0. The lowest BCUT2D eigenvalue weighted by Crippen LogP contribution is -1.86. The molecule has 2 nitrogen and oxygen atoms in total. The smallest absolute Gasteiger partial charge is 0.211 e. The number of rotatable bonds is 2. The molecule has 0 bridgehead atoms. The predicted octanol–water partition coefficient (Wildman–Crippen LogP) is 2.78. The van der Waals surface area contributed by atoms with E-state index in [-0.39, 0.29) is 0 Å². The molecule has 0 amide bonds. The van der Waals surface area contributed by atoms with Gasteiger partial charge in [-0.15, -0.1) is 0 Å². The molecule has 0 atom stereocenters. The largest absolute Gasteiger partial charge is 0.240 e. The normalized spacial score (nSPS) is 9.58. The van der Waals surface area contributed by atoms with Crippen LogP contribution in [0.5, 0.6) is 0 Å². The number of para-hydroxylation sites is 1. The van der Waals surface area contributed by atoms with Crippen LogP contribution in [0, 0.1) is 0 Å². The van der Waals surface area contributed by atoms with E-state index in [1.165, 1.54) is 0 Å². The molecule has 2 heteroatoms. The lowest BCUT2D eigenvalue weighted by molar-refractivity contribution is 0.565. The SMILES string of the molecule is CC(C)c1ccccc1N=C=O. The van der Waals surface area contributed by atoms with Gasteiger partial charge in [-0.05, 0) is 17.5 Å². The van der Waals surface area contributed by atoms with Crippen LogP contribution in [0.25, 0.3) is 0 Å². The fourth-order valence-corrected chi connectivity index (χ4v) is 1.13. The monoisotopic (exact) mass is 161 g/mol. The second-order valence-corrected chi connectivity index (χ2v) is 2.92. The molecule has 0 aliphatic heterocycles. The van der Waals surface area contributed by atoms with Crippen LogP contribution in [-0.4, -0.2) is 6.08 Å². The quantitative estimate of drug-likeness (QED) is 0.484. The molecule has 0 fully saturated rings. The van der Waals surface area contributed by atoms with E-state index in [4.69, 9.17) is 0 Å². The fourth-order valence-electron chi connectivity index (χ4n) is 1.13. The minimum atomic E-state index is 0.387. The first kappa shape index (κ1) is 8.69. The van der Waals surface area contributed by atoms with Gasteiger partial charge >= 0.3 is 0 Å². The molecule has 1 aromatic rings. The van der Waals surface area contributed by atoms with Crippen molar-refractivity contribution < 1.29 is 4.79 Å². The molecule has 0 N–H and O–H groups in total. The molecule has 0 saturated carbocycles. The molecule has 0 radical (unpaired) electrons. The maximum atomic E-state index is 10.1. The van der Waals surface area contributed by atoms with Gasteiger partial charge in [0.15, 0.2) is 0 Å². The van der Waals surface area contributed by atoms with Gasteiger partial charge < -0.3 is 0 Å². The number of hydrogen-bond donors (Lipinski definition) is 0. The fraction of sp³-hybridized carbons (Fsp3) is 0.300. The molecule has 0 aliphatic carbocycles. The Morgan fingerprint density at radius 2 is 2.00 bits per heavy atom. The molecule has 0 aliphatic rings. The summed E-state index contributed by atoms with van der Waals surface area (Å²) in [6.07, 6.45) is 1.55. The van der Waals surface area contributed by atoms with E-state index >= 15 is 0 Å². The number of isocyanates is 1. The molecule has 1 rings (SSSR count). The zero-order valence-electron chi connectivity index (χ0n) is 7.24. The Hall–Kier alpha value is -1.40. The highest BCUT2D eigenvalue weighted by molar-refractivity contribution is 5.54. The van der Waals surface area contributed by atoms with Gasteiger partial charge in [0.2, 0.25) is 6.08 Å². The lowest BCUT2D eigenvalue weighted by atomic mass is 10.0. The van der Waals surface area contributed by atoms with Crippen LogP contribution < -0.4 is 0 Å². The number of carbonyl (C=O) groups excluding carboxylic acids is 1.